The molecule has 98 valence electrons. The van der Waals surface area contributed by atoms with Gasteiger partial charge in [0.1, 0.15) is 0 Å². The van der Waals surface area contributed by atoms with Gasteiger partial charge in [-0.25, -0.2) is 8.78 Å². The summed E-state index contributed by atoms with van der Waals surface area (Å²) in [6, 6.07) is 6.10. The number of hydrogen-bond acceptors (Lipinski definition) is 2. The fraction of sp³-hybridized carbons (Fsp3) is 0.333. The van der Waals surface area contributed by atoms with Crippen LogP contribution < -0.4 is 0 Å². The fourth-order valence-corrected chi connectivity index (χ4v) is 2.59. The minimum atomic E-state index is -4.22. The highest BCUT2D eigenvalue weighted by Gasteiger charge is 2.43. The lowest BCUT2D eigenvalue weighted by Crippen LogP contribution is -2.29. The zero-order valence-corrected chi connectivity index (χ0v) is 10.2. The second-order valence-electron chi connectivity index (χ2n) is 4.25. The van der Waals surface area contributed by atoms with Gasteiger partial charge in [0.2, 0.25) is 0 Å². The maximum absolute atomic E-state index is 14.1. The van der Waals surface area contributed by atoms with E-state index in [0.717, 1.165) is 0 Å². The van der Waals surface area contributed by atoms with Crippen molar-refractivity contribution in [3.63, 3.8) is 0 Å². The van der Waals surface area contributed by atoms with Gasteiger partial charge < -0.3 is 0 Å². The molecular formula is C12H12F2O3S. The quantitative estimate of drug-likeness (QED) is 0.862. The highest BCUT2D eigenvalue weighted by Crippen LogP contribution is 2.43. The predicted molar refractivity (Wildman–Crippen MR) is 63.9 cm³/mol. The number of alkyl halides is 2. The summed E-state index contributed by atoms with van der Waals surface area (Å²) in [5.41, 5.74) is 0.332. The van der Waals surface area contributed by atoms with Gasteiger partial charge in [0.15, 0.2) is 0 Å². The largest absolute Gasteiger partial charge is 0.286 e. The van der Waals surface area contributed by atoms with E-state index >= 15 is 0 Å². The van der Waals surface area contributed by atoms with Crippen LogP contribution in [0.25, 0.3) is 6.08 Å². The van der Waals surface area contributed by atoms with Crippen LogP contribution in [0.15, 0.2) is 30.3 Å². The Morgan fingerprint density at radius 3 is 2.61 bits per heavy atom. The first-order valence-corrected chi connectivity index (χ1v) is 7.02. The van der Waals surface area contributed by atoms with Gasteiger partial charge in [-0.15, -0.1) is 0 Å². The van der Waals surface area contributed by atoms with Crippen molar-refractivity contribution in [1.82, 2.24) is 0 Å². The van der Waals surface area contributed by atoms with Crippen LogP contribution in [0, 0.1) is 5.92 Å². The summed E-state index contributed by atoms with van der Waals surface area (Å²) in [7, 11) is -4.22. The molecule has 0 radical (unpaired) electrons. The van der Waals surface area contributed by atoms with Crippen molar-refractivity contribution in [2.24, 2.45) is 5.92 Å². The number of fused-ring (bicyclic) bond motifs is 1. The summed E-state index contributed by atoms with van der Waals surface area (Å²) < 4.78 is 58.1. The Balaban J connectivity index is 2.27. The molecule has 0 saturated carbocycles. The molecule has 0 aromatic heterocycles. The molecule has 1 aliphatic carbocycles. The van der Waals surface area contributed by atoms with Gasteiger partial charge >= 0.3 is 0 Å². The van der Waals surface area contributed by atoms with E-state index in [2.05, 4.69) is 0 Å². The fourth-order valence-electron chi connectivity index (χ4n) is 2.04. The van der Waals surface area contributed by atoms with Crippen LogP contribution in [0.3, 0.4) is 0 Å². The van der Waals surface area contributed by atoms with Gasteiger partial charge in [-0.2, -0.15) is 8.42 Å². The van der Waals surface area contributed by atoms with Crippen molar-refractivity contribution in [2.75, 3.05) is 5.75 Å². The summed E-state index contributed by atoms with van der Waals surface area (Å²) in [6.07, 6.45) is 2.55. The van der Waals surface area contributed by atoms with E-state index in [1.165, 1.54) is 18.2 Å². The molecule has 0 saturated heterocycles. The number of hydrogen-bond donors (Lipinski definition) is 1. The SMILES string of the molecule is O=S(=O)(O)CCC1C=Cc2ccccc2C1(F)F. The summed E-state index contributed by atoms with van der Waals surface area (Å²) in [5.74, 6) is -5.00. The molecule has 1 aromatic rings. The average molecular weight is 274 g/mol. The molecule has 3 nitrogen and oxygen atoms in total. The topological polar surface area (TPSA) is 54.4 Å². The highest BCUT2D eigenvalue weighted by molar-refractivity contribution is 7.85. The third-order valence-corrected chi connectivity index (χ3v) is 3.73. The smallest absolute Gasteiger partial charge is 0.280 e. The molecule has 0 amide bonds. The molecule has 6 heteroatoms. The van der Waals surface area contributed by atoms with Crippen LogP contribution in [0.2, 0.25) is 0 Å². The number of allylic oxidation sites excluding steroid dienone is 1. The van der Waals surface area contributed by atoms with E-state index < -0.39 is 27.7 Å². The summed E-state index contributed by atoms with van der Waals surface area (Å²) >= 11 is 0. The van der Waals surface area contributed by atoms with Crippen LogP contribution in [0.1, 0.15) is 17.5 Å². The van der Waals surface area contributed by atoms with Crippen molar-refractivity contribution in [3.8, 4) is 0 Å². The highest BCUT2D eigenvalue weighted by atomic mass is 32.2. The monoisotopic (exact) mass is 274 g/mol. The summed E-state index contributed by atoms with van der Waals surface area (Å²) in [5, 5.41) is 0. The van der Waals surface area contributed by atoms with E-state index in [4.69, 9.17) is 4.55 Å². The Labute approximate surface area is 104 Å². The second kappa shape index (κ2) is 4.44. The van der Waals surface area contributed by atoms with E-state index in [9.17, 15) is 17.2 Å². The van der Waals surface area contributed by atoms with Crippen molar-refractivity contribution in [2.45, 2.75) is 12.3 Å². The summed E-state index contributed by atoms with van der Waals surface area (Å²) in [6.45, 7) is 0. The molecule has 0 bridgehead atoms. The van der Waals surface area contributed by atoms with Gasteiger partial charge in [0, 0.05) is 11.5 Å². The van der Waals surface area contributed by atoms with E-state index in [0.29, 0.717) is 5.56 Å². The van der Waals surface area contributed by atoms with Crippen LogP contribution in [0.4, 0.5) is 8.78 Å². The van der Waals surface area contributed by atoms with E-state index in [-0.39, 0.29) is 12.0 Å². The Morgan fingerprint density at radius 1 is 1.28 bits per heavy atom. The maximum atomic E-state index is 14.1. The van der Waals surface area contributed by atoms with Crippen LogP contribution in [0.5, 0.6) is 0 Å². The molecule has 0 spiro atoms. The maximum Gasteiger partial charge on any atom is 0.280 e. The summed E-state index contributed by atoms with van der Waals surface area (Å²) in [4.78, 5) is 0. The van der Waals surface area contributed by atoms with Crippen molar-refractivity contribution in [1.29, 1.82) is 0 Å². The zero-order chi connectivity index (χ0) is 13.4. The Bertz CT molecular complexity index is 579. The minimum absolute atomic E-state index is 0.104. The molecule has 1 N–H and O–H groups in total. The number of benzene rings is 1. The van der Waals surface area contributed by atoms with E-state index in [1.807, 2.05) is 0 Å². The van der Waals surface area contributed by atoms with Gasteiger partial charge in [-0.3, -0.25) is 4.55 Å². The predicted octanol–water partition coefficient (Wildman–Crippen LogP) is 2.70. The van der Waals surface area contributed by atoms with Gasteiger partial charge in [-0.05, 0) is 12.0 Å². The molecule has 2 rings (SSSR count). The Hall–Kier alpha value is -1.27. The molecule has 1 unspecified atom stereocenters. The van der Waals surface area contributed by atoms with Crippen LogP contribution in [-0.4, -0.2) is 18.7 Å². The second-order valence-corrected chi connectivity index (χ2v) is 5.82. The molecule has 0 aliphatic heterocycles. The van der Waals surface area contributed by atoms with Crippen LogP contribution in [-0.2, 0) is 16.0 Å². The lowest BCUT2D eigenvalue weighted by molar-refractivity contribution is -0.0493. The standard InChI is InChI=1S/C12H12F2O3S/c13-12(14)10(7-8-18(15,16)17)6-5-9-3-1-2-4-11(9)12/h1-6,10H,7-8H2,(H,15,16,17). The third kappa shape index (κ3) is 2.59. The van der Waals surface area contributed by atoms with Crippen molar-refractivity contribution in [3.05, 3.63) is 41.5 Å². The zero-order valence-electron chi connectivity index (χ0n) is 9.38. The molecule has 0 heterocycles. The first-order chi connectivity index (χ1) is 8.31. The minimum Gasteiger partial charge on any atom is -0.286 e. The first-order valence-electron chi connectivity index (χ1n) is 5.41. The molecule has 0 fully saturated rings. The van der Waals surface area contributed by atoms with Crippen LogP contribution >= 0.6 is 0 Å². The van der Waals surface area contributed by atoms with E-state index in [1.54, 1.807) is 18.2 Å². The number of halogens is 2. The normalized spacial score (nSPS) is 21.6. The Morgan fingerprint density at radius 2 is 1.94 bits per heavy atom. The number of rotatable bonds is 3. The van der Waals surface area contributed by atoms with Crippen molar-refractivity contribution < 1.29 is 21.8 Å². The van der Waals surface area contributed by atoms with Gasteiger partial charge in [-0.1, -0.05) is 36.4 Å². The first kappa shape index (κ1) is 13.2. The molecule has 18 heavy (non-hydrogen) atoms. The third-order valence-electron chi connectivity index (χ3n) is 2.98. The molecular weight excluding hydrogens is 262 g/mol. The molecule has 1 aromatic carbocycles. The van der Waals surface area contributed by atoms with Crippen molar-refractivity contribution >= 4 is 16.2 Å². The lowest BCUT2D eigenvalue weighted by atomic mass is 9.84. The van der Waals surface area contributed by atoms with Gasteiger partial charge in [0.05, 0.1) is 5.75 Å². The average Bonchev–Trinajstić information content (AvgIpc) is 2.27. The Kier molecular flexibility index (Phi) is 3.25. The molecule has 1 aliphatic rings. The van der Waals surface area contributed by atoms with Gasteiger partial charge in [0.25, 0.3) is 16.0 Å². The molecule has 1 atom stereocenters. The lowest BCUT2D eigenvalue weighted by Gasteiger charge is -2.29.